The number of primary amides is 1. The molecular formula is C22H23F2N9O9P2S2. The number of nitrogens with two attached hydrogens (primary N) is 2. The molecule has 1 aromatic carbocycles. The quantitative estimate of drug-likeness (QED) is 0.176. The van der Waals surface area contributed by atoms with Crippen LogP contribution in [-0.2, 0) is 36.7 Å². The van der Waals surface area contributed by atoms with Crippen LogP contribution >= 0.6 is 38.1 Å². The molecule has 3 saturated heterocycles. The van der Waals surface area contributed by atoms with E-state index in [2.05, 4.69) is 49.8 Å². The Morgan fingerprint density at radius 2 is 1.63 bits per heavy atom. The first-order valence-electron chi connectivity index (χ1n) is 13.3. The summed E-state index contributed by atoms with van der Waals surface area (Å²) in [4.78, 5) is 23.9. The Balaban J connectivity index is 1.20. The zero-order valence-corrected chi connectivity index (χ0v) is 26.5. The number of halogens is 2. The number of anilines is 1. The van der Waals surface area contributed by atoms with Crippen molar-refractivity contribution < 1.29 is 50.3 Å². The van der Waals surface area contributed by atoms with E-state index in [1.807, 2.05) is 0 Å². The second-order valence-corrected chi connectivity index (χ2v) is 16.1. The molecule has 3 aromatic heterocycles. The molecule has 0 unspecified atom stereocenters. The van der Waals surface area contributed by atoms with Gasteiger partial charge in [-0.15, -0.1) is 5.10 Å². The molecule has 46 heavy (non-hydrogen) atoms. The van der Waals surface area contributed by atoms with Crippen LogP contribution in [0.5, 0.6) is 0 Å². The Morgan fingerprint density at radius 1 is 0.935 bits per heavy atom. The van der Waals surface area contributed by atoms with Crippen molar-refractivity contribution in [3.63, 3.8) is 0 Å². The van der Waals surface area contributed by atoms with Crippen molar-refractivity contribution >= 4 is 72.0 Å². The molecule has 6 heterocycles. The summed E-state index contributed by atoms with van der Waals surface area (Å²) in [5, 5.41) is 7.93. The Bertz CT molecular complexity index is 1940. The van der Waals surface area contributed by atoms with Crippen LogP contribution in [0.1, 0.15) is 22.8 Å². The first kappa shape index (κ1) is 31.8. The lowest BCUT2D eigenvalue weighted by atomic mass is 10.1. The largest absolute Gasteiger partial charge is 0.386 e. The van der Waals surface area contributed by atoms with Crippen LogP contribution in [0.2, 0.25) is 0 Å². The molecule has 0 aliphatic carbocycles. The predicted octanol–water partition coefficient (Wildman–Crippen LogP) is 2.32. The number of aromatic nitrogens is 7. The van der Waals surface area contributed by atoms with Gasteiger partial charge in [-0.25, -0.2) is 37.5 Å². The number of alkyl halides is 2. The molecule has 2 bridgehead atoms. The van der Waals surface area contributed by atoms with Gasteiger partial charge in [-0.2, -0.15) is 0 Å². The average molecular weight is 722 g/mol. The second kappa shape index (κ2) is 11.7. The maximum Gasteiger partial charge on any atom is 0.386 e. The molecule has 3 aliphatic heterocycles. The van der Waals surface area contributed by atoms with Crippen molar-refractivity contribution in [3.05, 3.63) is 36.4 Å². The molecule has 4 aromatic rings. The number of hydrogen-bond donors (Lipinski definition) is 4. The third-order valence-electron chi connectivity index (χ3n) is 7.52. The number of fused-ring (bicyclic) bond motifs is 5. The van der Waals surface area contributed by atoms with Gasteiger partial charge >= 0.3 is 13.6 Å². The normalized spacial score (nSPS) is 37.0. The van der Waals surface area contributed by atoms with Gasteiger partial charge in [0, 0.05) is 0 Å². The number of benzene rings is 1. The lowest BCUT2D eigenvalue weighted by Crippen LogP contribution is -2.33. The first-order chi connectivity index (χ1) is 21.8. The molecule has 0 saturated carbocycles. The minimum atomic E-state index is -4.49. The third-order valence-corrected chi connectivity index (χ3v) is 10.7. The summed E-state index contributed by atoms with van der Waals surface area (Å²) in [6.45, 7) is -10.4. The number of carbonyl (C=O) groups excluding carboxylic acids is 1. The highest BCUT2D eigenvalue weighted by molar-refractivity contribution is 8.44. The Morgan fingerprint density at radius 3 is 2.37 bits per heavy atom. The van der Waals surface area contributed by atoms with Crippen molar-refractivity contribution in [1.82, 2.24) is 34.5 Å². The number of thiol groups is 2. The van der Waals surface area contributed by atoms with Gasteiger partial charge in [0.25, 0.3) is 5.91 Å². The van der Waals surface area contributed by atoms with E-state index in [-0.39, 0.29) is 33.6 Å². The smallest absolute Gasteiger partial charge is 0.382 e. The van der Waals surface area contributed by atoms with Crippen LogP contribution in [-0.4, -0.2) is 90.4 Å². The van der Waals surface area contributed by atoms with Gasteiger partial charge in [-0.1, -0.05) is 35.8 Å². The summed E-state index contributed by atoms with van der Waals surface area (Å²) >= 11 is 7.97. The van der Waals surface area contributed by atoms with E-state index >= 15 is 8.78 Å². The van der Waals surface area contributed by atoms with Gasteiger partial charge in [-0.05, 0) is 12.1 Å². The molecule has 0 spiro atoms. The van der Waals surface area contributed by atoms with E-state index in [0.717, 1.165) is 11.0 Å². The van der Waals surface area contributed by atoms with Crippen LogP contribution < -0.4 is 11.5 Å². The highest BCUT2D eigenvalue weighted by Gasteiger charge is 2.54. The number of ether oxygens (including phenoxy) is 2. The zero-order chi connectivity index (χ0) is 32.5. The minimum absolute atomic E-state index is 0.0320. The monoisotopic (exact) mass is 721 g/mol. The lowest BCUT2D eigenvalue weighted by Gasteiger charge is -2.25. The zero-order valence-electron chi connectivity index (χ0n) is 22.9. The Kier molecular flexibility index (Phi) is 8.11. The topological polar surface area (TPSA) is 233 Å². The number of nitrogens with zero attached hydrogens (tertiary/aromatic N) is 7. The van der Waals surface area contributed by atoms with Crippen molar-refractivity contribution in [1.29, 1.82) is 0 Å². The number of imidazole rings is 1. The number of amides is 1. The number of hydrogen-bond acceptors (Lipinski definition) is 15. The van der Waals surface area contributed by atoms with Crippen LogP contribution in [0.4, 0.5) is 14.6 Å². The molecule has 24 heteroatoms. The first-order valence-corrected chi connectivity index (χ1v) is 18.7. The van der Waals surface area contributed by atoms with Crippen LogP contribution in [0.3, 0.4) is 0 Å². The maximum absolute atomic E-state index is 16.0. The highest BCUT2D eigenvalue weighted by Crippen LogP contribution is 2.60. The summed E-state index contributed by atoms with van der Waals surface area (Å²) in [6, 6.07) is 4.42. The van der Waals surface area contributed by atoms with Crippen molar-refractivity contribution in [2.24, 2.45) is 5.73 Å². The van der Waals surface area contributed by atoms with E-state index in [4.69, 9.17) is 39.0 Å². The standard InChI is InChI=1S/C22H23F2N9O9P2S2/c23-12-10-4-37-43(35,45)41-16-11(40-21(13(16)24)32-7-29-15-18(25)27-6-28-20(15)32)5-38-44(36,46)42-17(12)22(39-10)33-9-3-1-2-8(19(26)34)14(9)30-31-33/h1-3,6-7,10-13,16-17,21-22H,4-5H2,(H2,26,34)(H,35,45)(H,36,46)(H2,25,27,28)/t10-,11-,12-,13-,16-,17-,21-,22-,43-,44+/m1/s1. The molecule has 4 N–H and O–H groups in total. The molecule has 1 amide bonds. The van der Waals surface area contributed by atoms with E-state index in [1.54, 1.807) is 0 Å². The molecule has 7 rings (SSSR count). The van der Waals surface area contributed by atoms with E-state index in [0.29, 0.717) is 0 Å². The third kappa shape index (κ3) is 5.59. The molecule has 10 atom stereocenters. The van der Waals surface area contributed by atoms with Gasteiger partial charge in [-0.3, -0.25) is 27.5 Å². The van der Waals surface area contributed by atoms with E-state index in [1.165, 1.54) is 29.1 Å². The summed E-state index contributed by atoms with van der Waals surface area (Å²) < 4.78 is 94.5. The fourth-order valence-electron chi connectivity index (χ4n) is 5.43. The number of carbonyl (C=O) groups is 1. The van der Waals surface area contributed by atoms with Crippen molar-refractivity contribution in [2.45, 2.75) is 49.2 Å². The predicted molar refractivity (Wildman–Crippen MR) is 158 cm³/mol. The molecule has 3 aliphatic rings. The average Bonchev–Trinajstić information content (AvgIpc) is 3.76. The molecular weight excluding hydrogens is 698 g/mol. The van der Waals surface area contributed by atoms with E-state index in [9.17, 15) is 13.9 Å². The summed E-state index contributed by atoms with van der Waals surface area (Å²) in [7, 11) is 0. The minimum Gasteiger partial charge on any atom is -0.382 e. The number of nitrogen functional groups attached to an aromatic ring is 1. The summed E-state index contributed by atoms with van der Waals surface area (Å²) in [5.74, 6) is -0.752. The molecule has 18 nitrogen and oxygen atoms in total. The molecule has 3 fully saturated rings. The second-order valence-electron chi connectivity index (χ2n) is 10.3. The number of rotatable bonds is 3. The van der Waals surface area contributed by atoms with Gasteiger partial charge in [0.1, 0.15) is 41.8 Å². The molecule has 246 valence electrons. The Hall–Kier alpha value is -2.78. The van der Waals surface area contributed by atoms with Crippen LogP contribution in [0.25, 0.3) is 22.2 Å². The van der Waals surface area contributed by atoms with Gasteiger partial charge < -0.3 is 20.9 Å². The summed E-state index contributed by atoms with van der Waals surface area (Å²) in [6.07, 6.45) is -11.1. The van der Waals surface area contributed by atoms with Crippen LogP contribution in [0, 0.1) is 0 Å². The van der Waals surface area contributed by atoms with Crippen molar-refractivity contribution in [2.75, 3.05) is 18.9 Å². The van der Waals surface area contributed by atoms with Gasteiger partial charge in [0.05, 0.1) is 30.6 Å². The van der Waals surface area contributed by atoms with E-state index < -0.39 is 81.9 Å². The van der Waals surface area contributed by atoms with Crippen molar-refractivity contribution in [3.8, 4) is 0 Å². The SMILES string of the molecule is NC(=O)c1cccc2c1nnn2[C@@H]1O[C@@H]2CO[P@@](=O)(S)O[C@H]3[C@@H](F)[C@H](n4cnc5c(N)ncnc54)O[C@@H]3CO[P@](=O)(S)O[C@@H]1[C@@H]2F. The van der Waals surface area contributed by atoms with Crippen LogP contribution in [0.15, 0.2) is 30.9 Å². The highest BCUT2D eigenvalue weighted by atomic mass is 32.7. The fourth-order valence-corrected chi connectivity index (χ4v) is 8.36. The van der Waals surface area contributed by atoms with Gasteiger partial charge in [0.15, 0.2) is 36.3 Å². The maximum atomic E-state index is 16.0. The Labute approximate surface area is 266 Å². The molecule has 0 radical (unpaired) electrons. The van der Waals surface area contributed by atoms with Gasteiger partial charge in [0.2, 0.25) is 0 Å². The fraction of sp³-hybridized carbons (Fsp3) is 0.455. The summed E-state index contributed by atoms with van der Waals surface area (Å²) in [5.41, 5.74) is 11.9. The lowest BCUT2D eigenvalue weighted by molar-refractivity contribution is -0.0603.